The topological polar surface area (TPSA) is 105 Å². The fraction of sp³-hybridized carbons (Fsp3) is 0.143. The maximum absolute atomic E-state index is 10.9. The van der Waals surface area contributed by atoms with Crippen LogP contribution in [0.15, 0.2) is 36.4 Å². The van der Waals surface area contributed by atoms with Crippen molar-refractivity contribution in [3.8, 4) is 0 Å². The number of benzene rings is 1. The number of aromatic carboxylic acids is 1. The molecule has 1 heterocycles. The number of nitro groups is 1. The second kappa shape index (κ2) is 6.00. The van der Waals surface area contributed by atoms with Crippen LogP contribution in [0.3, 0.4) is 0 Å². The van der Waals surface area contributed by atoms with Crippen LogP contribution in [0.2, 0.25) is 0 Å². The average molecular weight is 287 g/mol. The highest BCUT2D eigenvalue weighted by Crippen LogP contribution is 2.18. The molecule has 0 atom stereocenters. The first-order valence-electron chi connectivity index (χ1n) is 6.15. The van der Waals surface area contributed by atoms with Crippen LogP contribution in [0.25, 0.3) is 0 Å². The van der Waals surface area contributed by atoms with Crippen molar-refractivity contribution in [3.63, 3.8) is 0 Å². The normalized spacial score (nSPS) is 10.1. The number of nitrogens with one attached hydrogen (secondary N) is 1. The number of carboxylic acid groups (broad SMARTS) is 1. The van der Waals surface area contributed by atoms with E-state index in [4.69, 9.17) is 5.11 Å². The van der Waals surface area contributed by atoms with Crippen LogP contribution in [0.4, 0.5) is 11.5 Å². The van der Waals surface area contributed by atoms with Gasteiger partial charge in [-0.1, -0.05) is 12.1 Å². The monoisotopic (exact) mass is 287 g/mol. The molecule has 0 saturated carbocycles. The first-order chi connectivity index (χ1) is 9.97. The largest absolute Gasteiger partial charge is 0.478 e. The van der Waals surface area contributed by atoms with E-state index in [1.54, 1.807) is 25.1 Å². The second-order valence-electron chi connectivity index (χ2n) is 4.42. The van der Waals surface area contributed by atoms with Crippen molar-refractivity contribution in [2.45, 2.75) is 13.5 Å². The third-order valence-corrected chi connectivity index (χ3v) is 2.90. The molecule has 0 spiro atoms. The molecule has 0 saturated heterocycles. The van der Waals surface area contributed by atoms with E-state index in [-0.39, 0.29) is 11.3 Å². The number of anilines is 1. The molecule has 2 rings (SSSR count). The maximum atomic E-state index is 10.9. The maximum Gasteiger partial charge on any atom is 0.335 e. The van der Waals surface area contributed by atoms with Crippen molar-refractivity contribution in [2.24, 2.45) is 0 Å². The van der Waals surface area contributed by atoms with Crippen molar-refractivity contribution in [2.75, 3.05) is 5.32 Å². The first-order valence-corrected chi connectivity index (χ1v) is 6.15. The smallest absolute Gasteiger partial charge is 0.335 e. The molecule has 1 aromatic heterocycles. The molecule has 1 aromatic carbocycles. The Morgan fingerprint density at radius 1 is 1.38 bits per heavy atom. The van der Waals surface area contributed by atoms with E-state index in [0.29, 0.717) is 18.1 Å². The van der Waals surface area contributed by atoms with Crippen molar-refractivity contribution in [3.05, 3.63) is 63.3 Å². The van der Waals surface area contributed by atoms with Crippen LogP contribution < -0.4 is 5.32 Å². The molecule has 0 fully saturated rings. The third-order valence-electron chi connectivity index (χ3n) is 2.90. The molecule has 0 aliphatic heterocycles. The van der Waals surface area contributed by atoms with Gasteiger partial charge in [0, 0.05) is 12.6 Å². The summed E-state index contributed by atoms with van der Waals surface area (Å²) in [7, 11) is 0. The van der Waals surface area contributed by atoms with Crippen LogP contribution >= 0.6 is 0 Å². The summed E-state index contributed by atoms with van der Waals surface area (Å²) in [6.07, 6.45) is 0. The molecule has 7 nitrogen and oxygen atoms in total. The molecule has 108 valence electrons. The van der Waals surface area contributed by atoms with Gasteiger partial charge in [-0.3, -0.25) is 10.1 Å². The zero-order valence-electron chi connectivity index (χ0n) is 11.2. The van der Waals surface area contributed by atoms with Crippen LogP contribution in [-0.4, -0.2) is 21.0 Å². The third kappa shape index (κ3) is 3.53. The Balaban J connectivity index is 2.10. The Kier molecular flexibility index (Phi) is 4.13. The minimum atomic E-state index is -0.985. The van der Waals surface area contributed by atoms with E-state index >= 15 is 0 Å². The molecule has 0 unspecified atom stereocenters. The highest BCUT2D eigenvalue weighted by Gasteiger charge is 2.11. The summed E-state index contributed by atoms with van der Waals surface area (Å²) in [4.78, 5) is 25.2. The van der Waals surface area contributed by atoms with Gasteiger partial charge in [-0.2, -0.15) is 0 Å². The summed E-state index contributed by atoms with van der Waals surface area (Å²) in [5.41, 5.74) is 1.28. The van der Waals surface area contributed by atoms with Gasteiger partial charge in [0.2, 0.25) is 0 Å². The van der Waals surface area contributed by atoms with Gasteiger partial charge >= 0.3 is 5.97 Å². The lowest BCUT2D eigenvalue weighted by atomic mass is 10.1. The fourth-order valence-corrected chi connectivity index (χ4v) is 1.85. The number of carboxylic acids is 1. The molecule has 7 heteroatoms. The Hall–Kier alpha value is -2.96. The van der Waals surface area contributed by atoms with Gasteiger partial charge in [0.1, 0.15) is 11.5 Å². The van der Waals surface area contributed by atoms with Crippen molar-refractivity contribution < 1.29 is 14.8 Å². The first kappa shape index (κ1) is 14.4. The standard InChI is InChI=1S/C14H13N3O4/c1-9-12(17(20)21)5-6-13(16-9)15-8-10-3-2-4-11(7-10)14(18)19/h2-7H,8H2,1H3,(H,15,16)(H,18,19). The second-order valence-corrected chi connectivity index (χ2v) is 4.42. The lowest BCUT2D eigenvalue weighted by molar-refractivity contribution is -0.385. The minimum absolute atomic E-state index is 0.0339. The molecule has 0 bridgehead atoms. The van der Waals surface area contributed by atoms with Crippen LogP contribution in [0.5, 0.6) is 0 Å². The number of pyridine rings is 1. The van der Waals surface area contributed by atoms with Gasteiger partial charge in [-0.25, -0.2) is 9.78 Å². The zero-order valence-corrected chi connectivity index (χ0v) is 11.2. The summed E-state index contributed by atoms with van der Waals surface area (Å²) in [5.74, 6) is -0.486. The number of hydrogen-bond donors (Lipinski definition) is 2. The summed E-state index contributed by atoms with van der Waals surface area (Å²) in [6, 6.07) is 9.44. The Bertz CT molecular complexity index is 700. The van der Waals surface area contributed by atoms with Crippen molar-refractivity contribution in [1.29, 1.82) is 0 Å². The molecule has 21 heavy (non-hydrogen) atoms. The lowest BCUT2D eigenvalue weighted by Gasteiger charge is -2.07. The predicted octanol–water partition coefficient (Wildman–Crippen LogP) is 2.61. The summed E-state index contributed by atoms with van der Waals surface area (Å²) >= 11 is 0. The summed E-state index contributed by atoms with van der Waals surface area (Å²) < 4.78 is 0. The predicted molar refractivity (Wildman–Crippen MR) is 76.4 cm³/mol. The number of hydrogen-bond acceptors (Lipinski definition) is 5. The quantitative estimate of drug-likeness (QED) is 0.646. The van der Waals surface area contributed by atoms with E-state index in [9.17, 15) is 14.9 Å². The van der Waals surface area contributed by atoms with E-state index < -0.39 is 10.9 Å². The van der Waals surface area contributed by atoms with Crippen LogP contribution in [0.1, 0.15) is 21.6 Å². The van der Waals surface area contributed by atoms with Crippen molar-refractivity contribution >= 4 is 17.5 Å². The van der Waals surface area contributed by atoms with Crippen LogP contribution in [0, 0.1) is 17.0 Å². The van der Waals surface area contributed by atoms with Gasteiger partial charge in [0.15, 0.2) is 0 Å². The number of rotatable bonds is 5. The Morgan fingerprint density at radius 2 is 2.14 bits per heavy atom. The Labute approximate surface area is 120 Å². The highest BCUT2D eigenvalue weighted by molar-refractivity contribution is 5.87. The van der Waals surface area contributed by atoms with Gasteiger partial charge in [0.25, 0.3) is 5.69 Å². The van der Waals surface area contributed by atoms with Gasteiger partial charge in [-0.15, -0.1) is 0 Å². The molecular formula is C14H13N3O4. The SMILES string of the molecule is Cc1nc(NCc2cccc(C(=O)O)c2)ccc1[N+](=O)[O-]. The van der Waals surface area contributed by atoms with Gasteiger partial charge in [0.05, 0.1) is 10.5 Å². The van der Waals surface area contributed by atoms with Crippen molar-refractivity contribution in [1.82, 2.24) is 4.98 Å². The van der Waals surface area contributed by atoms with Gasteiger partial charge in [-0.05, 0) is 30.7 Å². The number of nitrogens with zero attached hydrogens (tertiary/aromatic N) is 2. The molecule has 2 N–H and O–H groups in total. The molecule has 0 aliphatic carbocycles. The van der Waals surface area contributed by atoms with E-state index in [2.05, 4.69) is 10.3 Å². The van der Waals surface area contributed by atoms with Gasteiger partial charge < -0.3 is 10.4 Å². The lowest BCUT2D eigenvalue weighted by Crippen LogP contribution is -2.04. The zero-order chi connectivity index (χ0) is 15.4. The average Bonchev–Trinajstić information content (AvgIpc) is 2.45. The van der Waals surface area contributed by atoms with Crippen LogP contribution in [-0.2, 0) is 6.54 Å². The summed E-state index contributed by atoms with van der Waals surface area (Å²) in [6.45, 7) is 1.94. The molecule has 0 radical (unpaired) electrons. The summed E-state index contributed by atoms with van der Waals surface area (Å²) in [5, 5.41) is 22.6. The fourth-order valence-electron chi connectivity index (χ4n) is 1.85. The molecule has 0 amide bonds. The Morgan fingerprint density at radius 3 is 2.76 bits per heavy atom. The van der Waals surface area contributed by atoms with E-state index in [1.807, 2.05) is 0 Å². The minimum Gasteiger partial charge on any atom is -0.478 e. The molecule has 2 aromatic rings. The molecular weight excluding hydrogens is 274 g/mol. The highest BCUT2D eigenvalue weighted by atomic mass is 16.6. The van der Waals surface area contributed by atoms with E-state index in [1.165, 1.54) is 18.2 Å². The number of aryl methyl sites for hydroxylation is 1. The number of aromatic nitrogens is 1. The number of carbonyl (C=O) groups is 1. The molecule has 0 aliphatic rings. The van der Waals surface area contributed by atoms with E-state index in [0.717, 1.165) is 5.56 Å².